The van der Waals surface area contributed by atoms with Crippen molar-refractivity contribution in [2.24, 2.45) is 11.3 Å². The van der Waals surface area contributed by atoms with Crippen LogP contribution in [0, 0.1) is 11.3 Å². The van der Waals surface area contributed by atoms with E-state index in [1.165, 1.54) is 5.56 Å². The summed E-state index contributed by atoms with van der Waals surface area (Å²) in [5.74, 6) is 0.0257. The van der Waals surface area contributed by atoms with Crippen molar-refractivity contribution in [2.75, 3.05) is 26.2 Å². The summed E-state index contributed by atoms with van der Waals surface area (Å²) in [5, 5.41) is 0.765. The molecule has 2 amide bonds. The summed E-state index contributed by atoms with van der Waals surface area (Å²) in [6, 6.07) is 19.1. The van der Waals surface area contributed by atoms with Gasteiger partial charge in [0.05, 0.1) is 5.92 Å². The van der Waals surface area contributed by atoms with Crippen molar-refractivity contribution in [3.8, 4) is 0 Å². The van der Waals surface area contributed by atoms with Crippen molar-refractivity contribution in [1.29, 1.82) is 0 Å². The maximum Gasteiger partial charge on any atom is 0.227 e. The Balaban J connectivity index is 1.22. The lowest BCUT2D eigenvalue weighted by molar-refractivity contribution is -0.150. The van der Waals surface area contributed by atoms with Crippen LogP contribution in [-0.4, -0.2) is 58.7 Å². The minimum absolute atomic E-state index is 0.0880. The summed E-state index contributed by atoms with van der Waals surface area (Å²) < 4.78 is 0. The molecule has 3 heterocycles. The van der Waals surface area contributed by atoms with E-state index < -0.39 is 0 Å². The SMILES string of the molecule is CC(C)N1CC2(CCN(C(=O)C3CC(=O)N(Cc4ccccc4)C3)CC2)C1c1ccc(Cl)cc1. The van der Waals surface area contributed by atoms with Crippen molar-refractivity contribution >= 4 is 23.4 Å². The molecular formula is C28H34ClN3O2. The fourth-order valence-corrected chi connectivity index (χ4v) is 6.33. The second-order valence-electron chi connectivity index (χ2n) is 10.6. The second kappa shape index (κ2) is 9.35. The number of piperidine rings is 1. The van der Waals surface area contributed by atoms with E-state index in [0.29, 0.717) is 31.6 Å². The van der Waals surface area contributed by atoms with Gasteiger partial charge in [-0.25, -0.2) is 0 Å². The molecule has 180 valence electrons. The zero-order chi connectivity index (χ0) is 23.9. The van der Waals surface area contributed by atoms with Gasteiger partial charge in [-0.2, -0.15) is 0 Å². The highest BCUT2D eigenvalue weighted by Gasteiger charge is 2.55. The van der Waals surface area contributed by atoms with Gasteiger partial charge in [0.25, 0.3) is 0 Å². The fourth-order valence-electron chi connectivity index (χ4n) is 6.21. The van der Waals surface area contributed by atoms with Gasteiger partial charge < -0.3 is 9.80 Å². The maximum absolute atomic E-state index is 13.3. The average molecular weight is 480 g/mol. The zero-order valence-corrected chi connectivity index (χ0v) is 20.9. The van der Waals surface area contributed by atoms with Gasteiger partial charge in [-0.05, 0) is 49.9 Å². The van der Waals surface area contributed by atoms with E-state index in [9.17, 15) is 9.59 Å². The number of likely N-dealkylation sites (tertiary alicyclic amines) is 3. The predicted octanol–water partition coefficient (Wildman–Crippen LogP) is 4.76. The van der Waals surface area contributed by atoms with Gasteiger partial charge in [0.15, 0.2) is 0 Å². The number of amides is 2. The number of halogens is 1. The third-order valence-corrected chi connectivity index (χ3v) is 8.36. The monoisotopic (exact) mass is 479 g/mol. The highest BCUT2D eigenvalue weighted by atomic mass is 35.5. The summed E-state index contributed by atoms with van der Waals surface area (Å²) in [7, 11) is 0. The number of carbonyl (C=O) groups excluding carboxylic acids is 2. The Labute approximate surface area is 207 Å². The third kappa shape index (κ3) is 4.36. The first-order valence-electron chi connectivity index (χ1n) is 12.5. The van der Waals surface area contributed by atoms with Gasteiger partial charge in [0.2, 0.25) is 11.8 Å². The fraction of sp³-hybridized carbons (Fsp3) is 0.500. The Hall–Kier alpha value is -2.37. The molecule has 34 heavy (non-hydrogen) atoms. The van der Waals surface area contributed by atoms with Gasteiger partial charge in [0, 0.05) is 61.7 Å². The van der Waals surface area contributed by atoms with E-state index in [4.69, 9.17) is 11.6 Å². The Kier molecular flexibility index (Phi) is 6.43. The Morgan fingerprint density at radius 1 is 1.06 bits per heavy atom. The minimum Gasteiger partial charge on any atom is -0.342 e. The van der Waals surface area contributed by atoms with Gasteiger partial charge in [-0.15, -0.1) is 0 Å². The molecule has 2 aromatic carbocycles. The first-order valence-corrected chi connectivity index (χ1v) is 12.9. The normalized spacial score (nSPS) is 24.6. The van der Waals surface area contributed by atoms with Crippen LogP contribution in [0.3, 0.4) is 0 Å². The smallest absolute Gasteiger partial charge is 0.227 e. The van der Waals surface area contributed by atoms with Crippen LogP contribution < -0.4 is 0 Å². The quantitative estimate of drug-likeness (QED) is 0.620. The number of hydrogen-bond donors (Lipinski definition) is 0. The van der Waals surface area contributed by atoms with Crippen LogP contribution in [0.15, 0.2) is 54.6 Å². The van der Waals surface area contributed by atoms with Crippen LogP contribution in [0.25, 0.3) is 0 Å². The lowest BCUT2D eigenvalue weighted by Crippen LogP contribution is -2.64. The van der Waals surface area contributed by atoms with Gasteiger partial charge >= 0.3 is 0 Å². The zero-order valence-electron chi connectivity index (χ0n) is 20.1. The van der Waals surface area contributed by atoms with Gasteiger partial charge in [0.1, 0.15) is 0 Å². The first kappa shape index (κ1) is 23.4. The number of benzene rings is 2. The van der Waals surface area contributed by atoms with E-state index in [-0.39, 0.29) is 23.1 Å². The molecule has 2 atom stereocenters. The average Bonchev–Trinajstić information content (AvgIpc) is 3.19. The third-order valence-electron chi connectivity index (χ3n) is 8.11. The Morgan fingerprint density at radius 2 is 1.74 bits per heavy atom. The molecule has 2 unspecified atom stereocenters. The van der Waals surface area contributed by atoms with E-state index in [0.717, 1.165) is 43.1 Å². The van der Waals surface area contributed by atoms with Crippen molar-refractivity contribution < 1.29 is 9.59 Å². The number of hydrogen-bond acceptors (Lipinski definition) is 3. The molecule has 5 nitrogen and oxygen atoms in total. The summed E-state index contributed by atoms with van der Waals surface area (Å²) in [5.41, 5.74) is 2.64. The van der Waals surface area contributed by atoms with Gasteiger partial charge in [-0.1, -0.05) is 54.1 Å². The second-order valence-corrected chi connectivity index (χ2v) is 11.0. The molecule has 2 aromatic rings. The molecule has 6 heteroatoms. The van der Waals surface area contributed by atoms with Crippen molar-refractivity contribution in [3.63, 3.8) is 0 Å². The molecule has 0 N–H and O–H groups in total. The van der Waals surface area contributed by atoms with Crippen LogP contribution in [0.2, 0.25) is 5.02 Å². The molecule has 5 rings (SSSR count). The predicted molar refractivity (Wildman–Crippen MR) is 134 cm³/mol. The van der Waals surface area contributed by atoms with Crippen LogP contribution >= 0.6 is 11.6 Å². The summed E-state index contributed by atoms with van der Waals surface area (Å²) in [6.45, 7) is 8.26. The number of nitrogens with zero attached hydrogens (tertiary/aromatic N) is 3. The Morgan fingerprint density at radius 3 is 2.38 bits per heavy atom. The van der Waals surface area contributed by atoms with Crippen molar-refractivity contribution in [1.82, 2.24) is 14.7 Å². The molecule has 0 aliphatic carbocycles. The summed E-state index contributed by atoms with van der Waals surface area (Å²) in [6.07, 6.45) is 2.34. The van der Waals surface area contributed by atoms with E-state index in [1.54, 1.807) is 0 Å². The van der Waals surface area contributed by atoms with Crippen molar-refractivity contribution in [2.45, 2.75) is 51.7 Å². The van der Waals surface area contributed by atoms with Crippen LogP contribution in [0.5, 0.6) is 0 Å². The topological polar surface area (TPSA) is 43.9 Å². The molecule has 3 aliphatic rings. The molecular weight excluding hydrogens is 446 g/mol. The molecule has 1 spiro atoms. The van der Waals surface area contributed by atoms with E-state index in [1.807, 2.05) is 52.3 Å². The number of rotatable bonds is 5. The molecule has 0 radical (unpaired) electrons. The maximum atomic E-state index is 13.3. The van der Waals surface area contributed by atoms with E-state index in [2.05, 4.69) is 30.9 Å². The van der Waals surface area contributed by atoms with Crippen LogP contribution in [0.1, 0.15) is 50.3 Å². The highest BCUT2D eigenvalue weighted by molar-refractivity contribution is 6.30. The van der Waals surface area contributed by atoms with E-state index >= 15 is 0 Å². The standard InChI is InChI=1S/C28H34ClN3O2/c1-20(2)32-19-28(26(32)22-8-10-24(29)11-9-22)12-14-30(15-13-28)27(34)23-16-25(33)31(18-23)17-21-6-4-3-5-7-21/h3-11,20,23,26H,12-19H2,1-2H3. The molecule has 3 fully saturated rings. The lowest BCUT2D eigenvalue weighted by atomic mass is 9.62. The van der Waals surface area contributed by atoms with Crippen molar-refractivity contribution in [3.05, 3.63) is 70.7 Å². The lowest BCUT2D eigenvalue weighted by Gasteiger charge is -2.62. The summed E-state index contributed by atoms with van der Waals surface area (Å²) >= 11 is 6.15. The largest absolute Gasteiger partial charge is 0.342 e. The molecule has 3 aliphatic heterocycles. The minimum atomic E-state index is -0.217. The van der Waals surface area contributed by atoms with Crippen LogP contribution in [-0.2, 0) is 16.1 Å². The molecule has 0 bridgehead atoms. The molecule has 0 saturated carbocycles. The molecule has 0 aromatic heterocycles. The highest BCUT2D eigenvalue weighted by Crippen LogP contribution is 2.55. The number of carbonyl (C=O) groups is 2. The Bertz CT molecular complexity index is 1030. The van der Waals surface area contributed by atoms with Crippen LogP contribution in [0.4, 0.5) is 0 Å². The van der Waals surface area contributed by atoms with Gasteiger partial charge in [-0.3, -0.25) is 14.5 Å². The first-order chi connectivity index (χ1) is 16.4. The molecule has 3 saturated heterocycles. The summed E-state index contributed by atoms with van der Waals surface area (Å²) in [4.78, 5) is 32.4.